The molecule has 1 rings (SSSR count). The van der Waals surface area contributed by atoms with E-state index in [-0.39, 0.29) is 101 Å². The van der Waals surface area contributed by atoms with Crippen molar-refractivity contribution in [2.45, 2.75) is 6.42 Å². The van der Waals surface area contributed by atoms with Crippen molar-refractivity contribution in [3.8, 4) is 0 Å². The van der Waals surface area contributed by atoms with E-state index in [1.54, 1.807) is 0 Å². The van der Waals surface area contributed by atoms with Gasteiger partial charge in [0.25, 0.3) is 0 Å². The Bertz CT molecular complexity index is 73.4. The van der Waals surface area contributed by atoms with E-state index in [1.807, 2.05) is 12.2 Å². The monoisotopic (exact) mass is 335 g/mol. The molecule has 0 bridgehead atoms. The number of hydrogen-bond donors (Lipinski definition) is 0. The first-order valence-electron chi connectivity index (χ1n) is 1.72. The largest absolute Gasteiger partial charge is 1.00 e. The van der Waals surface area contributed by atoms with Crippen LogP contribution in [0.1, 0.15) is 6.42 Å². The van der Waals surface area contributed by atoms with E-state index in [9.17, 15) is 0 Å². The van der Waals surface area contributed by atoms with Crippen molar-refractivity contribution < 1.29 is 63.4 Å². The van der Waals surface area contributed by atoms with Gasteiger partial charge in [-0.2, -0.15) is 6.08 Å². The summed E-state index contributed by atoms with van der Waals surface area (Å²) in [5.74, 6) is 0. The van der Waals surface area contributed by atoms with Gasteiger partial charge in [0.2, 0.25) is 0 Å². The molecule has 1 aliphatic rings. The second-order valence-electron chi connectivity index (χ2n) is 1.00. The van der Waals surface area contributed by atoms with Gasteiger partial charge in [-0.25, -0.2) is 12.2 Å². The van der Waals surface area contributed by atoms with Crippen LogP contribution in [0.4, 0.5) is 0 Å². The van der Waals surface area contributed by atoms with Crippen LogP contribution in [0.3, 0.4) is 0 Å². The SMILES string of the molecule is [C-]1=CC=CC1.[CH3-].[CH3-].[CH3-].[CH3-].[CH3-].[Cl-].[Cl-].[Cl-].[Zr]. The predicted molar refractivity (Wildman–Crippen MR) is 53.6 cm³/mol. The molecular formula is C10H20Cl3Zr-9. The molecule has 0 aromatic carbocycles. The van der Waals surface area contributed by atoms with E-state index in [4.69, 9.17) is 0 Å². The van der Waals surface area contributed by atoms with Crippen molar-refractivity contribution in [2.75, 3.05) is 0 Å². The first-order chi connectivity index (χ1) is 2.50. The number of halogens is 3. The Kier molecular flexibility index (Phi) is 364. The van der Waals surface area contributed by atoms with Gasteiger partial charge in [0.15, 0.2) is 0 Å². The van der Waals surface area contributed by atoms with E-state index in [0.29, 0.717) is 0 Å². The number of allylic oxidation sites excluding steroid dienone is 4. The number of rotatable bonds is 0. The van der Waals surface area contributed by atoms with E-state index < -0.39 is 0 Å². The molecule has 0 aromatic heterocycles. The van der Waals surface area contributed by atoms with Gasteiger partial charge in [0.05, 0.1) is 0 Å². The molecule has 0 spiro atoms. The van der Waals surface area contributed by atoms with Crippen molar-refractivity contribution in [1.82, 2.24) is 0 Å². The van der Waals surface area contributed by atoms with E-state index in [1.165, 1.54) is 0 Å². The minimum Gasteiger partial charge on any atom is -1.00 e. The third kappa shape index (κ3) is 51.0. The van der Waals surface area contributed by atoms with Crippen molar-refractivity contribution >= 4 is 0 Å². The van der Waals surface area contributed by atoms with Crippen LogP contribution in [0.25, 0.3) is 0 Å². The molecule has 94 valence electrons. The minimum absolute atomic E-state index is 0. The molecule has 1 aliphatic carbocycles. The van der Waals surface area contributed by atoms with Crippen molar-refractivity contribution in [3.05, 3.63) is 61.4 Å². The topological polar surface area (TPSA) is 0 Å². The molecule has 0 N–H and O–H groups in total. The zero-order valence-corrected chi connectivity index (χ0v) is 14.3. The molecule has 0 saturated carbocycles. The predicted octanol–water partition coefficient (Wildman–Crippen LogP) is -5.43. The van der Waals surface area contributed by atoms with Crippen LogP contribution in [0.15, 0.2) is 18.2 Å². The zero-order valence-electron chi connectivity index (χ0n) is 9.57. The molecule has 0 fully saturated rings. The van der Waals surface area contributed by atoms with Crippen LogP contribution in [-0.4, -0.2) is 0 Å². The summed E-state index contributed by atoms with van der Waals surface area (Å²) in [5, 5.41) is 0. The third-order valence-electron chi connectivity index (χ3n) is 0.586. The number of hydrogen-bond acceptors (Lipinski definition) is 0. The van der Waals surface area contributed by atoms with Crippen LogP contribution < -0.4 is 37.2 Å². The second kappa shape index (κ2) is 64.2. The average Bonchev–Trinajstić information content (AvgIpc) is 1.76. The first kappa shape index (κ1) is 79.4. The summed E-state index contributed by atoms with van der Waals surface area (Å²) in [6.45, 7) is 0. The Hall–Kier alpha value is 1.23. The van der Waals surface area contributed by atoms with Gasteiger partial charge in [-0.1, -0.05) is 0 Å². The molecule has 14 heavy (non-hydrogen) atoms. The maximum Gasteiger partial charge on any atom is 0 e. The van der Waals surface area contributed by atoms with Gasteiger partial charge in [0.1, 0.15) is 0 Å². The fraction of sp³-hybridized carbons (Fsp3) is 0.100. The van der Waals surface area contributed by atoms with Crippen molar-refractivity contribution in [3.63, 3.8) is 0 Å². The van der Waals surface area contributed by atoms with Crippen LogP contribution in [0, 0.1) is 43.2 Å². The Labute approximate surface area is 130 Å². The summed E-state index contributed by atoms with van der Waals surface area (Å²) in [6.07, 6.45) is 10.0. The van der Waals surface area contributed by atoms with E-state index in [0.717, 1.165) is 6.42 Å². The fourth-order valence-corrected chi connectivity index (χ4v) is 0.340. The summed E-state index contributed by atoms with van der Waals surface area (Å²) in [5.41, 5.74) is 0. The molecule has 0 unspecified atom stereocenters. The average molecular weight is 338 g/mol. The molecule has 0 heterocycles. The molecule has 4 heteroatoms. The Balaban J connectivity index is -0.00000000397. The quantitative estimate of drug-likeness (QED) is 0.387. The van der Waals surface area contributed by atoms with Gasteiger partial charge >= 0.3 is 0 Å². The molecule has 0 nitrogen and oxygen atoms in total. The molecule has 0 aliphatic heterocycles. The van der Waals surface area contributed by atoms with Crippen LogP contribution in [0.5, 0.6) is 0 Å². The Morgan fingerprint density at radius 2 is 1.14 bits per heavy atom. The molecule has 0 aromatic rings. The van der Waals surface area contributed by atoms with Gasteiger partial charge in [-0.05, 0) is 0 Å². The summed E-state index contributed by atoms with van der Waals surface area (Å²) in [4.78, 5) is 0. The van der Waals surface area contributed by atoms with Crippen LogP contribution in [-0.2, 0) is 26.2 Å². The van der Waals surface area contributed by atoms with Crippen LogP contribution >= 0.6 is 0 Å². The molecule has 0 atom stereocenters. The normalized spacial score (nSPS) is 6.29. The summed E-state index contributed by atoms with van der Waals surface area (Å²) in [7, 11) is 0. The van der Waals surface area contributed by atoms with E-state index in [2.05, 4.69) is 12.2 Å². The maximum absolute atomic E-state index is 2.99. The van der Waals surface area contributed by atoms with Gasteiger partial charge in [-0.3, -0.25) is 6.08 Å². The Morgan fingerprint density at radius 3 is 1.21 bits per heavy atom. The Morgan fingerprint density at radius 1 is 0.786 bits per heavy atom. The second-order valence-corrected chi connectivity index (χ2v) is 1.00. The van der Waals surface area contributed by atoms with Crippen LogP contribution in [0.2, 0.25) is 0 Å². The summed E-state index contributed by atoms with van der Waals surface area (Å²) < 4.78 is 0. The molecule has 0 saturated heterocycles. The molecular weight excluding hydrogens is 318 g/mol. The standard InChI is InChI=1S/C5H5.5CH3.3ClH.Zr/c1-2-4-5-3-1;;;;;;;;;/h1-3H,4H2;5*1H3;3*1H;/q6*-1;;;;/p-3. The smallest absolute Gasteiger partial charge is 0 e. The minimum atomic E-state index is 0. The van der Waals surface area contributed by atoms with Gasteiger partial charge in [0, 0.05) is 26.2 Å². The van der Waals surface area contributed by atoms with E-state index >= 15 is 0 Å². The van der Waals surface area contributed by atoms with Gasteiger partial charge in [-0.15, -0.1) is 6.42 Å². The summed E-state index contributed by atoms with van der Waals surface area (Å²) >= 11 is 0. The third-order valence-corrected chi connectivity index (χ3v) is 0.586. The van der Waals surface area contributed by atoms with Crippen molar-refractivity contribution in [1.29, 1.82) is 0 Å². The van der Waals surface area contributed by atoms with Crippen molar-refractivity contribution in [2.24, 2.45) is 0 Å². The fourth-order valence-electron chi connectivity index (χ4n) is 0.340. The molecule has 0 radical (unpaired) electrons. The summed E-state index contributed by atoms with van der Waals surface area (Å²) in [6, 6.07) is 0. The molecule has 0 amide bonds. The van der Waals surface area contributed by atoms with Gasteiger partial charge < -0.3 is 74.4 Å². The first-order valence-corrected chi connectivity index (χ1v) is 1.72. The zero-order chi connectivity index (χ0) is 3.54. The maximum atomic E-state index is 2.99.